The normalized spacial score (nSPS) is 11.3. The van der Waals surface area contributed by atoms with Crippen LogP contribution >= 0.6 is 0 Å². The van der Waals surface area contributed by atoms with Gasteiger partial charge in [0, 0.05) is 11.8 Å². The van der Waals surface area contributed by atoms with Gasteiger partial charge in [0.2, 0.25) is 0 Å². The summed E-state index contributed by atoms with van der Waals surface area (Å²) in [7, 11) is -0.724. The minimum absolute atomic E-state index is 0.114. The molecule has 1 N–H and O–H groups in total. The van der Waals surface area contributed by atoms with Gasteiger partial charge in [0.25, 0.3) is 10.0 Å². The number of sulfonamides is 1. The highest BCUT2D eigenvalue weighted by molar-refractivity contribution is 7.92. The van der Waals surface area contributed by atoms with Crippen LogP contribution in [0.15, 0.2) is 47.4 Å². The minimum Gasteiger partial charge on any atom is -0.493 e. The van der Waals surface area contributed by atoms with E-state index in [4.69, 9.17) is 9.47 Å². The molecule has 0 aliphatic carbocycles. The SMILES string of the molecule is COc1ccc(S(=O)(=O)Nc2ccc(C(C)C)cc2)cc1OC. The predicted molar refractivity (Wildman–Crippen MR) is 90.9 cm³/mol. The first-order valence-electron chi connectivity index (χ1n) is 7.22. The van der Waals surface area contributed by atoms with Crippen LogP contribution in [0.5, 0.6) is 11.5 Å². The zero-order chi connectivity index (χ0) is 17.0. The fourth-order valence-electron chi connectivity index (χ4n) is 2.13. The van der Waals surface area contributed by atoms with E-state index in [0.29, 0.717) is 23.1 Å². The van der Waals surface area contributed by atoms with Gasteiger partial charge in [-0.25, -0.2) is 8.42 Å². The van der Waals surface area contributed by atoms with Crippen LogP contribution in [0.3, 0.4) is 0 Å². The third kappa shape index (κ3) is 3.96. The summed E-state index contributed by atoms with van der Waals surface area (Å²) in [6.07, 6.45) is 0. The van der Waals surface area contributed by atoms with E-state index in [1.165, 1.54) is 26.4 Å². The van der Waals surface area contributed by atoms with Gasteiger partial charge in [-0.05, 0) is 35.7 Å². The van der Waals surface area contributed by atoms with Gasteiger partial charge in [0.1, 0.15) is 0 Å². The number of ether oxygens (including phenoxy) is 2. The highest BCUT2D eigenvalue weighted by Gasteiger charge is 2.17. The van der Waals surface area contributed by atoms with E-state index >= 15 is 0 Å². The summed E-state index contributed by atoms with van der Waals surface area (Å²) < 4.78 is 37.8. The molecule has 0 radical (unpaired) electrons. The highest BCUT2D eigenvalue weighted by Crippen LogP contribution is 2.30. The molecule has 2 aromatic carbocycles. The first-order chi connectivity index (χ1) is 10.9. The standard InChI is InChI=1S/C17H21NO4S/c1-12(2)13-5-7-14(8-6-13)18-23(19,20)15-9-10-16(21-3)17(11-15)22-4/h5-12,18H,1-4H3. The van der Waals surface area contributed by atoms with E-state index < -0.39 is 10.0 Å². The Balaban J connectivity index is 2.28. The molecule has 0 spiro atoms. The molecule has 5 nitrogen and oxygen atoms in total. The number of methoxy groups -OCH3 is 2. The topological polar surface area (TPSA) is 64.6 Å². The molecule has 2 aromatic rings. The van der Waals surface area contributed by atoms with Gasteiger partial charge in [0.05, 0.1) is 19.1 Å². The second kappa shape index (κ2) is 6.91. The minimum atomic E-state index is -3.69. The largest absolute Gasteiger partial charge is 0.493 e. The van der Waals surface area contributed by atoms with Crippen molar-refractivity contribution >= 4 is 15.7 Å². The molecule has 0 aliphatic rings. The summed E-state index contributed by atoms with van der Waals surface area (Å²) in [4.78, 5) is 0.114. The molecule has 6 heteroatoms. The molecule has 0 bridgehead atoms. The van der Waals surface area contributed by atoms with Crippen molar-refractivity contribution in [2.75, 3.05) is 18.9 Å². The van der Waals surface area contributed by atoms with Gasteiger partial charge in [-0.3, -0.25) is 4.72 Å². The molecule has 0 fully saturated rings. The summed E-state index contributed by atoms with van der Waals surface area (Å²) in [5.74, 6) is 1.24. The molecule has 23 heavy (non-hydrogen) atoms. The maximum Gasteiger partial charge on any atom is 0.262 e. The summed E-state index contributed by atoms with van der Waals surface area (Å²) >= 11 is 0. The molecular weight excluding hydrogens is 314 g/mol. The van der Waals surface area contributed by atoms with Crippen LogP contribution in [0.2, 0.25) is 0 Å². The second-order valence-corrected chi connectivity index (χ2v) is 7.08. The van der Waals surface area contributed by atoms with Crippen molar-refractivity contribution in [3.8, 4) is 11.5 Å². The summed E-state index contributed by atoms with van der Waals surface area (Å²) in [6.45, 7) is 4.17. The number of nitrogens with one attached hydrogen (secondary N) is 1. The number of hydrogen-bond donors (Lipinski definition) is 1. The van der Waals surface area contributed by atoms with Gasteiger partial charge < -0.3 is 9.47 Å². The summed E-state index contributed by atoms with van der Waals surface area (Å²) in [5, 5.41) is 0. The smallest absolute Gasteiger partial charge is 0.262 e. The van der Waals surface area contributed by atoms with Crippen molar-refractivity contribution in [3.05, 3.63) is 48.0 Å². The van der Waals surface area contributed by atoms with Gasteiger partial charge in [0.15, 0.2) is 11.5 Å². The number of rotatable bonds is 6. The lowest BCUT2D eigenvalue weighted by Crippen LogP contribution is -2.13. The van der Waals surface area contributed by atoms with Crippen LogP contribution in [0.1, 0.15) is 25.3 Å². The summed E-state index contributed by atoms with van der Waals surface area (Å²) in [5.41, 5.74) is 1.67. The van der Waals surface area contributed by atoms with Crippen LogP contribution in [0, 0.1) is 0 Å². The van der Waals surface area contributed by atoms with Crippen molar-refractivity contribution in [2.45, 2.75) is 24.7 Å². The fourth-order valence-corrected chi connectivity index (χ4v) is 3.21. The Morgan fingerprint density at radius 1 is 0.913 bits per heavy atom. The lowest BCUT2D eigenvalue weighted by Gasteiger charge is -2.12. The van der Waals surface area contributed by atoms with Crippen molar-refractivity contribution in [1.29, 1.82) is 0 Å². The van der Waals surface area contributed by atoms with E-state index in [9.17, 15) is 8.42 Å². The average molecular weight is 335 g/mol. The molecule has 0 unspecified atom stereocenters. The second-order valence-electron chi connectivity index (χ2n) is 5.40. The Hall–Kier alpha value is -2.21. The van der Waals surface area contributed by atoms with Crippen LogP contribution in [-0.2, 0) is 10.0 Å². The Morgan fingerprint density at radius 3 is 2.04 bits per heavy atom. The summed E-state index contributed by atoms with van der Waals surface area (Å²) in [6, 6.07) is 11.8. The van der Waals surface area contributed by atoms with Gasteiger partial charge in [-0.2, -0.15) is 0 Å². The van der Waals surface area contributed by atoms with E-state index in [0.717, 1.165) is 5.56 Å². The van der Waals surface area contributed by atoms with E-state index in [1.807, 2.05) is 12.1 Å². The van der Waals surface area contributed by atoms with Crippen LogP contribution in [0.4, 0.5) is 5.69 Å². The monoisotopic (exact) mass is 335 g/mol. The molecule has 124 valence electrons. The predicted octanol–water partition coefficient (Wildman–Crippen LogP) is 3.63. The third-order valence-corrected chi connectivity index (χ3v) is 4.87. The fraction of sp³-hybridized carbons (Fsp3) is 0.294. The molecule has 0 aliphatic heterocycles. The third-order valence-electron chi connectivity index (χ3n) is 3.49. The Kier molecular flexibility index (Phi) is 5.15. The van der Waals surface area contributed by atoms with Crippen molar-refractivity contribution < 1.29 is 17.9 Å². The molecular formula is C17H21NO4S. The lowest BCUT2D eigenvalue weighted by molar-refractivity contribution is 0.354. The molecule has 0 amide bonds. The maximum atomic E-state index is 12.5. The molecule has 0 heterocycles. The van der Waals surface area contributed by atoms with E-state index in [1.54, 1.807) is 18.2 Å². The average Bonchev–Trinajstić information content (AvgIpc) is 2.54. The quantitative estimate of drug-likeness (QED) is 0.875. The van der Waals surface area contributed by atoms with E-state index in [-0.39, 0.29) is 4.90 Å². The van der Waals surface area contributed by atoms with Gasteiger partial charge in [-0.15, -0.1) is 0 Å². The molecule has 0 saturated heterocycles. The Bertz CT molecular complexity index is 768. The Morgan fingerprint density at radius 2 is 1.52 bits per heavy atom. The van der Waals surface area contributed by atoms with Crippen LogP contribution < -0.4 is 14.2 Å². The van der Waals surface area contributed by atoms with E-state index in [2.05, 4.69) is 18.6 Å². The van der Waals surface area contributed by atoms with Crippen molar-refractivity contribution in [3.63, 3.8) is 0 Å². The molecule has 0 aromatic heterocycles. The van der Waals surface area contributed by atoms with Crippen LogP contribution in [-0.4, -0.2) is 22.6 Å². The zero-order valence-corrected chi connectivity index (χ0v) is 14.5. The first-order valence-corrected chi connectivity index (χ1v) is 8.70. The van der Waals surface area contributed by atoms with Crippen molar-refractivity contribution in [1.82, 2.24) is 0 Å². The number of anilines is 1. The lowest BCUT2D eigenvalue weighted by atomic mass is 10.0. The highest BCUT2D eigenvalue weighted by atomic mass is 32.2. The van der Waals surface area contributed by atoms with Crippen LogP contribution in [0.25, 0.3) is 0 Å². The molecule has 2 rings (SSSR count). The van der Waals surface area contributed by atoms with Crippen molar-refractivity contribution in [2.24, 2.45) is 0 Å². The number of benzene rings is 2. The number of hydrogen-bond acceptors (Lipinski definition) is 4. The molecule has 0 saturated carbocycles. The zero-order valence-electron chi connectivity index (χ0n) is 13.7. The van der Waals surface area contributed by atoms with Gasteiger partial charge >= 0.3 is 0 Å². The Labute approximate surface area is 137 Å². The first kappa shape index (κ1) is 17.1. The molecule has 0 atom stereocenters. The maximum absolute atomic E-state index is 12.5. The van der Waals surface area contributed by atoms with Gasteiger partial charge in [-0.1, -0.05) is 26.0 Å².